The van der Waals surface area contributed by atoms with Gasteiger partial charge in [0.05, 0.1) is 11.7 Å². The highest BCUT2D eigenvalue weighted by Gasteiger charge is 2.26. The van der Waals surface area contributed by atoms with Crippen molar-refractivity contribution in [3.05, 3.63) is 24.0 Å². The molecule has 0 aliphatic heterocycles. The molecule has 0 saturated heterocycles. The van der Waals surface area contributed by atoms with Crippen LogP contribution in [0.4, 0.5) is 0 Å². The lowest BCUT2D eigenvalue weighted by molar-refractivity contribution is -0.943. The summed E-state index contributed by atoms with van der Waals surface area (Å²) in [6.07, 6.45) is 9.61. The molecule has 19 heavy (non-hydrogen) atoms. The zero-order chi connectivity index (χ0) is 13.7. The second-order valence-electron chi connectivity index (χ2n) is 6.05. The highest BCUT2D eigenvalue weighted by atomic mass is 16.3. The number of aliphatic hydroxyl groups is 1. The SMILES string of the molecule is CC[C@@H](O)C[NH+](Cc1cccn1C)C1CCCCC1. The number of quaternary nitrogens is 1. The van der Waals surface area contributed by atoms with Crippen molar-refractivity contribution < 1.29 is 10.0 Å². The van der Waals surface area contributed by atoms with Gasteiger partial charge in [0.15, 0.2) is 0 Å². The van der Waals surface area contributed by atoms with Gasteiger partial charge in [-0.2, -0.15) is 0 Å². The van der Waals surface area contributed by atoms with Crippen LogP contribution < -0.4 is 4.90 Å². The first-order chi connectivity index (χ1) is 9.20. The van der Waals surface area contributed by atoms with Gasteiger partial charge in [-0.15, -0.1) is 0 Å². The lowest BCUT2D eigenvalue weighted by Gasteiger charge is -2.32. The van der Waals surface area contributed by atoms with Crippen molar-refractivity contribution in [1.29, 1.82) is 0 Å². The third-order valence-corrected chi connectivity index (χ3v) is 4.61. The summed E-state index contributed by atoms with van der Waals surface area (Å²) in [7, 11) is 2.12. The number of nitrogens with one attached hydrogen (secondary N) is 1. The number of aliphatic hydroxyl groups excluding tert-OH is 1. The summed E-state index contributed by atoms with van der Waals surface area (Å²) in [6.45, 7) is 4.02. The van der Waals surface area contributed by atoms with Crippen LogP contribution in [-0.4, -0.2) is 28.4 Å². The Bertz CT molecular complexity index is 369. The van der Waals surface area contributed by atoms with E-state index in [1.165, 1.54) is 37.8 Å². The van der Waals surface area contributed by atoms with Crippen molar-refractivity contribution in [1.82, 2.24) is 4.57 Å². The van der Waals surface area contributed by atoms with Crippen LogP contribution in [0.2, 0.25) is 0 Å². The molecule has 1 aromatic heterocycles. The van der Waals surface area contributed by atoms with Gasteiger partial charge < -0.3 is 14.6 Å². The molecule has 0 spiro atoms. The van der Waals surface area contributed by atoms with Gasteiger partial charge >= 0.3 is 0 Å². The Hall–Kier alpha value is -0.800. The summed E-state index contributed by atoms with van der Waals surface area (Å²) in [5.41, 5.74) is 1.38. The topological polar surface area (TPSA) is 29.6 Å². The smallest absolute Gasteiger partial charge is 0.118 e. The van der Waals surface area contributed by atoms with Crippen molar-refractivity contribution in [3.8, 4) is 0 Å². The third-order valence-electron chi connectivity index (χ3n) is 4.61. The van der Waals surface area contributed by atoms with Crippen LogP contribution in [0.1, 0.15) is 51.1 Å². The van der Waals surface area contributed by atoms with E-state index in [9.17, 15) is 5.11 Å². The highest BCUT2D eigenvalue weighted by molar-refractivity contribution is 5.04. The Labute approximate surface area is 117 Å². The minimum Gasteiger partial charge on any atom is -0.387 e. The zero-order valence-electron chi connectivity index (χ0n) is 12.4. The summed E-state index contributed by atoms with van der Waals surface area (Å²) < 4.78 is 2.21. The third kappa shape index (κ3) is 4.08. The van der Waals surface area contributed by atoms with E-state index in [2.05, 4.69) is 36.9 Å². The first-order valence-electron chi connectivity index (χ1n) is 7.83. The maximum atomic E-state index is 10.0. The molecule has 0 radical (unpaired) electrons. The predicted molar refractivity (Wildman–Crippen MR) is 78.1 cm³/mol. The van der Waals surface area contributed by atoms with E-state index in [4.69, 9.17) is 0 Å². The van der Waals surface area contributed by atoms with Crippen molar-refractivity contribution in [2.45, 2.75) is 64.1 Å². The van der Waals surface area contributed by atoms with E-state index >= 15 is 0 Å². The van der Waals surface area contributed by atoms with Gasteiger partial charge in [0.1, 0.15) is 19.2 Å². The van der Waals surface area contributed by atoms with E-state index in [0.29, 0.717) is 0 Å². The van der Waals surface area contributed by atoms with Crippen LogP contribution in [0.5, 0.6) is 0 Å². The molecular formula is C16H29N2O+. The summed E-state index contributed by atoms with van der Waals surface area (Å²) in [5, 5.41) is 10.0. The number of hydrogen-bond donors (Lipinski definition) is 2. The molecule has 1 fully saturated rings. The van der Waals surface area contributed by atoms with E-state index in [0.717, 1.165) is 25.6 Å². The van der Waals surface area contributed by atoms with Crippen LogP contribution in [0.3, 0.4) is 0 Å². The molecule has 2 atom stereocenters. The molecule has 108 valence electrons. The van der Waals surface area contributed by atoms with Gasteiger partial charge in [0.2, 0.25) is 0 Å². The molecule has 1 unspecified atom stereocenters. The molecule has 0 bridgehead atoms. The maximum absolute atomic E-state index is 10.0. The van der Waals surface area contributed by atoms with Crippen LogP contribution >= 0.6 is 0 Å². The highest BCUT2D eigenvalue weighted by Crippen LogP contribution is 2.16. The minimum atomic E-state index is -0.155. The number of aryl methyl sites for hydroxylation is 1. The molecular weight excluding hydrogens is 236 g/mol. The lowest BCUT2D eigenvalue weighted by atomic mass is 9.93. The summed E-state index contributed by atoms with van der Waals surface area (Å²) in [5.74, 6) is 0. The number of nitrogens with zero attached hydrogens (tertiary/aromatic N) is 1. The van der Waals surface area contributed by atoms with E-state index in [-0.39, 0.29) is 6.10 Å². The molecule has 1 aromatic rings. The molecule has 1 aliphatic rings. The van der Waals surface area contributed by atoms with E-state index < -0.39 is 0 Å². The average molecular weight is 265 g/mol. The molecule has 3 nitrogen and oxygen atoms in total. The zero-order valence-corrected chi connectivity index (χ0v) is 12.4. The van der Waals surface area contributed by atoms with Crippen LogP contribution in [0.15, 0.2) is 18.3 Å². The number of rotatable bonds is 6. The van der Waals surface area contributed by atoms with Crippen LogP contribution in [0, 0.1) is 0 Å². The second kappa shape index (κ2) is 7.11. The van der Waals surface area contributed by atoms with E-state index in [1.807, 2.05) is 0 Å². The molecule has 3 heteroatoms. The summed E-state index contributed by atoms with van der Waals surface area (Å²) in [6, 6.07) is 5.07. The van der Waals surface area contributed by atoms with E-state index in [1.54, 1.807) is 4.90 Å². The Morgan fingerprint density at radius 2 is 2.11 bits per heavy atom. The Morgan fingerprint density at radius 3 is 2.68 bits per heavy atom. The monoisotopic (exact) mass is 265 g/mol. The van der Waals surface area contributed by atoms with Gasteiger partial charge in [0, 0.05) is 13.2 Å². The Morgan fingerprint density at radius 1 is 1.37 bits per heavy atom. The van der Waals surface area contributed by atoms with Crippen LogP contribution in [0.25, 0.3) is 0 Å². The maximum Gasteiger partial charge on any atom is 0.118 e. The van der Waals surface area contributed by atoms with Gasteiger partial charge in [0.25, 0.3) is 0 Å². The quantitative estimate of drug-likeness (QED) is 0.802. The molecule has 1 aliphatic carbocycles. The lowest BCUT2D eigenvalue weighted by Crippen LogP contribution is -3.15. The molecule has 0 aromatic carbocycles. The molecule has 2 N–H and O–H groups in total. The van der Waals surface area contributed by atoms with Crippen molar-refractivity contribution in [2.24, 2.45) is 7.05 Å². The normalized spacial score (nSPS) is 20.4. The number of hydrogen-bond acceptors (Lipinski definition) is 1. The molecule has 2 rings (SSSR count). The molecule has 0 amide bonds. The van der Waals surface area contributed by atoms with Crippen LogP contribution in [-0.2, 0) is 13.6 Å². The first-order valence-corrected chi connectivity index (χ1v) is 7.83. The largest absolute Gasteiger partial charge is 0.387 e. The summed E-state index contributed by atoms with van der Waals surface area (Å²) >= 11 is 0. The first kappa shape index (κ1) is 14.6. The second-order valence-corrected chi connectivity index (χ2v) is 6.05. The fourth-order valence-corrected chi connectivity index (χ4v) is 3.25. The van der Waals surface area contributed by atoms with Crippen molar-refractivity contribution in [2.75, 3.05) is 6.54 Å². The number of aromatic nitrogens is 1. The Balaban J connectivity index is 2.02. The van der Waals surface area contributed by atoms with Gasteiger partial charge in [-0.1, -0.05) is 13.3 Å². The van der Waals surface area contributed by atoms with Gasteiger partial charge in [-0.05, 0) is 44.2 Å². The van der Waals surface area contributed by atoms with Crippen molar-refractivity contribution in [3.63, 3.8) is 0 Å². The van der Waals surface area contributed by atoms with Crippen molar-refractivity contribution >= 4 is 0 Å². The van der Waals surface area contributed by atoms with Gasteiger partial charge in [-0.25, -0.2) is 0 Å². The molecule has 1 saturated carbocycles. The average Bonchev–Trinajstić information content (AvgIpc) is 2.84. The van der Waals surface area contributed by atoms with Gasteiger partial charge in [-0.3, -0.25) is 0 Å². The fourth-order valence-electron chi connectivity index (χ4n) is 3.25. The Kier molecular flexibility index (Phi) is 5.46. The minimum absolute atomic E-state index is 0.155. The summed E-state index contributed by atoms with van der Waals surface area (Å²) in [4.78, 5) is 1.58. The molecule has 1 heterocycles. The standard InChI is InChI=1S/C16H28N2O/c1-3-16(19)13-18(14-8-5-4-6-9-14)12-15-10-7-11-17(15)2/h7,10-11,14,16,19H,3-6,8-9,12-13H2,1-2H3/p+1/t16-/m1/s1. The predicted octanol–water partition coefficient (Wildman–Crippen LogP) is 1.51. The fraction of sp³-hybridized carbons (Fsp3) is 0.750.